The van der Waals surface area contributed by atoms with E-state index >= 15 is 0 Å². The van der Waals surface area contributed by atoms with Gasteiger partial charge in [-0.05, 0) is 48.4 Å². The highest BCUT2D eigenvalue weighted by Gasteiger charge is 2.45. The van der Waals surface area contributed by atoms with Gasteiger partial charge in [-0.25, -0.2) is 0 Å². The Morgan fingerprint density at radius 2 is 1.70 bits per heavy atom. The Labute approximate surface area is 175 Å². The summed E-state index contributed by atoms with van der Waals surface area (Å²) in [5.74, 6) is -0.991. The number of ketones is 1. The number of aliphatic hydroxyl groups excluding tert-OH is 1. The maximum atomic E-state index is 12.8. The van der Waals surface area contributed by atoms with Gasteiger partial charge in [0.15, 0.2) is 0 Å². The van der Waals surface area contributed by atoms with Crippen LogP contribution in [0.1, 0.15) is 30.5 Å². The second-order valence-corrected chi connectivity index (χ2v) is 6.95. The summed E-state index contributed by atoms with van der Waals surface area (Å²) in [6, 6.07) is 12.1. The third-order valence-electron chi connectivity index (χ3n) is 4.89. The SMILES string of the molecule is CCCOc1ccc(C(O)=C2C(=O)C(=O)N(CCOC)C2c2ccc(O)cc2)cc1. The molecular formula is C23H25NO6. The summed E-state index contributed by atoms with van der Waals surface area (Å²) in [6.07, 6.45) is 0.874. The van der Waals surface area contributed by atoms with Gasteiger partial charge in [-0.3, -0.25) is 9.59 Å². The second kappa shape index (κ2) is 9.45. The first kappa shape index (κ1) is 21.4. The van der Waals surface area contributed by atoms with Crippen molar-refractivity contribution in [3.8, 4) is 11.5 Å². The van der Waals surface area contributed by atoms with E-state index in [1.807, 2.05) is 6.92 Å². The Bertz CT molecular complexity index is 933. The van der Waals surface area contributed by atoms with Crippen LogP contribution in [0, 0.1) is 0 Å². The van der Waals surface area contributed by atoms with Crippen molar-refractivity contribution in [2.75, 3.05) is 26.9 Å². The molecule has 1 aliphatic heterocycles. The Morgan fingerprint density at radius 1 is 1.03 bits per heavy atom. The van der Waals surface area contributed by atoms with Gasteiger partial charge in [0.2, 0.25) is 0 Å². The van der Waals surface area contributed by atoms with E-state index in [1.165, 1.54) is 24.1 Å². The van der Waals surface area contributed by atoms with E-state index < -0.39 is 17.7 Å². The van der Waals surface area contributed by atoms with Crippen molar-refractivity contribution in [2.24, 2.45) is 0 Å². The van der Waals surface area contributed by atoms with Gasteiger partial charge in [0.1, 0.15) is 17.3 Å². The quantitative estimate of drug-likeness (QED) is 0.393. The molecule has 1 heterocycles. The van der Waals surface area contributed by atoms with E-state index in [1.54, 1.807) is 36.4 Å². The van der Waals surface area contributed by atoms with E-state index in [-0.39, 0.29) is 30.2 Å². The number of hydrogen-bond donors (Lipinski definition) is 2. The molecule has 30 heavy (non-hydrogen) atoms. The minimum atomic E-state index is -0.781. The molecule has 0 bridgehead atoms. The minimum absolute atomic E-state index is 0.00372. The van der Waals surface area contributed by atoms with E-state index in [0.29, 0.717) is 23.5 Å². The van der Waals surface area contributed by atoms with Gasteiger partial charge in [0.25, 0.3) is 11.7 Å². The number of hydrogen-bond acceptors (Lipinski definition) is 6. The summed E-state index contributed by atoms with van der Waals surface area (Å²) < 4.78 is 10.6. The highest BCUT2D eigenvalue weighted by Crippen LogP contribution is 2.39. The summed E-state index contributed by atoms with van der Waals surface area (Å²) in [6.45, 7) is 3.02. The van der Waals surface area contributed by atoms with Crippen LogP contribution in [-0.2, 0) is 14.3 Å². The Balaban J connectivity index is 2.04. The molecule has 1 amide bonds. The lowest BCUT2D eigenvalue weighted by Crippen LogP contribution is -2.32. The molecule has 2 aromatic rings. The minimum Gasteiger partial charge on any atom is -0.508 e. The van der Waals surface area contributed by atoms with Gasteiger partial charge in [-0.15, -0.1) is 0 Å². The summed E-state index contributed by atoms with van der Waals surface area (Å²) in [7, 11) is 1.51. The monoisotopic (exact) mass is 411 g/mol. The van der Waals surface area contributed by atoms with Crippen molar-refractivity contribution in [1.82, 2.24) is 4.90 Å². The molecule has 2 N–H and O–H groups in total. The number of amides is 1. The maximum absolute atomic E-state index is 12.8. The fraction of sp³-hybridized carbons (Fsp3) is 0.304. The highest BCUT2D eigenvalue weighted by atomic mass is 16.5. The number of phenols is 1. The van der Waals surface area contributed by atoms with Gasteiger partial charge in [-0.1, -0.05) is 19.1 Å². The standard InChI is InChI=1S/C23H25NO6/c1-3-13-30-18-10-6-16(7-11-18)21(26)19-20(15-4-8-17(25)9-5-15)24(12-14-29-2)23(28)22(19)27/h4-11,20,25-26H,3,12-14H2,1-2H3. The molecule has 1 saturated heterocycles. The van der Waals surface area contributed by atoms with E-state index in [0.717, 1.165) is 6.42 Å². The molecule has 1 fully saturated rings. The molecule has 1 aliphatic rings. The number of methoxy groups -OCH3 is 1. The number of carbonyl (C=O) groups is 2. The second-order valence-electron chi connectivity index (χ2n) is 6.95. The van der Waals surface area contributed by atoms with Crippen LogP contribution in [0.2, 0.25) is 0 Å². The van der Waals surface area contributed by atoms with E-state index in [9.17, 15) is 19.8 Å². The zero-order chi connectivity index (χ0) is 21.7. The largest absolute Gasteiger partial charge is 0.508 e. The first-order valence-corrected chi connectivity index (χ1v) is 9.77. The number of nitrogens with zero attached hydrogens (tertiary/aromatic N) is 1. The smallest absolute Gasteiger partial charge is 0.295 e. The van der Waals surface area contributed by atoms with Crippen LogP contribution in [-0.4, -0.2) is 53.7 Å². The van der Waals surface area contributed by atoms with Crippen LogP contribution < -0.4 is 4.74 Å². The summed E-state index contributed by atoms with van der Waals surface area (Å²) in [4.78, 5) is 26.9. The zero-order valence-electron chi connectivity index (χ0n) is 17.0. The third-order valence-corrected chi connectivity index (χ3v) is 4.89. The van der Waals surface area contributed by atoms with Crippen LogP contribution in [0.5, 0.6) is 11.5 Å². The van der Waals surface area contributed by atoms with Crippen LogP contribution >= 0.6 is 0 Å². The number of Topliss-reactive ketones (excluding diaryl/α,β-unsaturated/α-hetero) is 1. The van der Waals surface area contributed by atoms with Crippen LogP contribution in [0.4, 0.5) is 0 Å². The molecule has 3 rings (SSSR count). The number of likely N-dealkylation sites (tertiary alicyclic amines) is 1. The Hall–Kier alpha value is -3.32. The predicted molar refractivity (Wildman–Crippen MR) is 111 cm³/mol. The lowest BCUT2D eigenvalue weighted by molar-refractivity contribution is -0.140. The van der Waals surface area contributed by atoms with Crippen LogP contribution in [0.15, 0.2) is 54.1 Å². The van der Waals surface area contributed by atoms with E-state index in [4.69, 9.17) is 9.47 Å². The van der Waals surface area contributed by atoms with Gasteiger partial charge in [0.05, 0.1) is 24.8 Å². The molecule has 1 unspecified atom stereocenters. The average molecular weight is 411 g/mol. The first-order chi connectivity index (χ1) is 14.5. The van der Waals surface area contributed by atoms with Gasteiger partial charge < -0.3 is 24.6 Å². The maximum Gasteiger partial charge on any atom is 0.295 e. The number of ether oxygens (including phenoxy) is 2. The Morgan fingerprint density at radius 3 is 2.30 bits per heavy atom. The number of aromatic hydroxyl groups is 1. The lowest BCUT2D eigenvalue weighted by atomic mass is 9.95. The average Bonchev–Trinajstić information content (AvgIpc) is 3.01. The third kappa shape index (κ3) is 4.31. The predicted octanol–water partition coefficient (Wildman–Crippen LogP) is 3.25. The van der Waals surface area contributed by atoms with Gasteiger partial charge in [-0.2, -0.15) is 0 Å². The molecule has 158 valence electrons. The summed E-state index contributed by atoms with van der Waals surface area (Å²) in [5.41, 5.74) is 1.02. The first-order valence-electron chi connectivity index (χ1n) is 9.77. The van der Waals surface area contributed by atoms with Gasteiger partial charge >= 0.3 is 0 Å². The van der Waals surface area contributed by atoms with Crippen molar-refractivity contribution in [2.45, 2.75) is 19.4 Å². The van der Waals surface area contributed by atoms with Crippen molar-refractivity contribution < 1.29 is 29.3 Å². The van der Waals surface area contributed by atoms with Crippen LogP contribution in [0.25, 0.3) is 5.76 Å². The molecular weight excluding hydrogens is 386 g/mol. The molecule has 7 heteroatoms. The summed E-state index contributed by atoms with van der Waals surface area (Å²) >= 11 is 0. The number of aliphatic hydroxyl groups is 1. The summed E-state index contributed by atoms with van der Waals surface area (Å²) in [5, 5.41) is 20.6. The number of benzene rings is 2. The number of carbonyl (C=O) groups excluding carboxylic acids is 2. The van der Waals surface area contributed by atoms with Crippen molar-refractivity contribution in [3.05, 3.63) is 65.2 Å². The molecule has 0 aromatic heterocycles. The molecule has 2 aromatic carbocycles. The number of rotatable bonds is 8. The van der Waals surface area contributed by atoms with E-state index in [2.05, 4.69) is 0 Å². The molecule has 7 nitrogen and oxygen atoms in total. The van der Waals surface area contributed by atoms with Gasteiger partial charge in [0, 0.05) is 19.2 Å². The fourth-order valence-corrected chi connectivity index (χ4v) is 3.39. The van der Waals surface area contributed by atoms with Crippen molar-refractivity contribution in [3.63, 3.8) is 0 Å². The lowest BCUT2D eigenvalue weighted by Gasteiger charge is -2.25. The molecule has 0 radical (unpaired) electrons. The van der Waals surface area contributed by atoms with Crippen molar-refractivity contribution in [1.29, 1.82) is 0 Å². The highest BCUT2D eigenvalue weighted by molar-refractivity contribution is 6.46. The Kier molecular flexibility index (Phi) is 6.74. The van der Waals surface area contributed by atoms with Crippen LogP contribution in [0.3, 0.4) is 0 Å². The molecule has 0 aliphatic carbocycles. The zero-order valence-corrected chi connectivity index (χ0v) is 17.0. The normalized spacial score (nSPS) is 18.1. The topological polar surface area (TPSA) is 96.3 Å². The molecule has 1 atom stereocenters. The molecule has 0 spiro atoms. The van der Waals surface area contributed by atoms with Crippen molar-refractivity contribution >= 4 is 17.4 Å². The fourth-order valence-electron chi connectivity index (χ4n) is 3.39. The molecule has 0 saturated carbocycles. The number of phenolic OH excluding ortho intramolecular Hbond substituents is 1.